The van der Waals surface area contributed by atoms with Gasteiger partial charge < -0.3 is 19.1 Å². The predicted molar refractivity (Wildman–Crippen MR) is 120 cm³/mol. The Hall–Kier alpha value is -2.23. The lowest BCUT2D eigenvalue weighted by atomic mass is 9.73. The first kappa shape index (κ1) is 19.1. The van der Waals surface area contributed by atoms with Crippen LogP contribution in [0.5, 0.6) is 0 Å². The van der Waals surface area contributed by atoms with Crippen LogP contribution in [0.2, 0.25) is 0 Å². The summed E-state index contributed by atoms with van der Waals surface area (Å²) in [7, 11) is 3.45. The van der Waals surface area contributed by atoms with Crippen LogP contribution in [-0.4, -0.2) is 37.4 Å². The second-order valence-corrected chi connectivity index (χ2v) is 9.85. The highest BCUT2D eigenvalue weighted by Crippen LogP contribution is 2.37. The van der Waals surface area contributed by atoms with Crippen molar-refractivity contribution in [3.63, 3.8) is 0 Å². The minimum Gasteiger partial charge on any atom is -0.737 e. The standard InChI is InChI=1S/C22H28B2N2O2/c1-21(2,3)13-9-15-19-16(10-13)24(28-8)26-18-12-14(22(4,5)6)11-17(20(18)19)25-23(15)27-7/h9-12H,1-8H3/q-2. The quantitative estimate of drug-likeness (QED) is 0.495. The molecule has 4 nitrogen and oxygen atoms in total. The molecule has 0 atom stereocenters. The summed E-state index contributed by atoms with van der Waals surface area (Å²) >= 11 is 0. The minimum absolute atomic E-state index is 0.0123. The van der Waals surface area contributed by atoms with Gasteiger partial charge in [-0.05, 0) is 34.1 Å². The molecule has 0 fully saturated rings. The smallest absolute Gasteiger partial charge is 0.179 e. The Morgan fingerprint density at radius 1 is 0.643 bits per heavy atom. The maximum Gasteiger partial charge on any atom is 0.179 e. The average molecular weight is 374 g/mol. The number of hydrogen-bond donors (Lipinski definition) is 0. The van der Waals surface area contributed by atoms with Gasteiger partial charge in [0.1, 0.15) is 0 Å². The maximum absolute atomic E-state index is 5.82. The molecular weight excluding hydrogens is 346 g/mol. The molecule has 0 saturated carbocycles. The van der Waals surface area contributed by atoms with Crippen LogP contribution in [0.15, 0.2) is 24.3 Å². The SMILES string of the molecule is CO[b-]1nc2cc(C(C)(C)C)cc3n[b-](OC)c4cc(C(C)(C)C)cc1c4c23. The van der Waals surface area contributed by atoms with E-state index in [4.69, 9.17) is 19.1 Å². The van der Waals surface area contributed by atoms with Crippen molar-refractivity contribution < 1.29 is 9.31 Å². The number of benzene rings is 2. The summed E-state index contributed by atoms with van der Waals surface area (Å²) in [6.07, 6.45) is 0. The Morgan fingerprint density at radius 3 is 1.39 bits per heavy atom. The summed E-state index contributed by atoms with van der Waals surface area (Å²) in [6, 6.07) is 8.88. The number of rotatable bonds is 2. The average Bonchev–Trinajstić information content (AvgIpc) is 2.62. The van der Waals surface area contributed by atoms with Crippen LogP contribution in [-0.2, 0) is 10.8 Å². The van der Waals surface area contributed by atoms with Crippen molar-refractivity contribution in [2.24, 2.45) is 0 Å². The van der Waals surface area contributed by atoms with Gasteiger partial charge in [-0.25, -0.2) is 0 Å². The molecule has 0 aliphatic carbocycles. The van der Waals surface area contributed by atoms with Crippen LogP contribution in [0.3, 0.4) is 0 Å². The van der Waals surface area contributed by atoms with E-state index in [9.17, 15) is 0 Å². The predicted octanol–water partition coefficient (Wildman–Crippen LogP) is 4.14. The van der Waals surface area contributed by atoms with Crippen molar-refractivity contribution >= 4 is 45.7 Å². The molecular formula is C22H28B2N2O2-2. The third kappa shape index (κ3) is 2.85. The highest BCUT2D eigenvalue weighted by atomic mass is 16.4. The first-order chi connectivity index (χ1) is 13.0. The first-order valence-corrected chi connectivity index (χ1v) is 9.89. The zero-order valence-electron chi connectivity index (χ0n) is 18.2. The lowest BCUT2D eigenvalue weighted by Gasteiger charge is -2.31. The maximum atomic E-state index is 5.82. The van der Waals surface area contributed by atoms with Crippen LogP contribution in [0.25, 0.3) is 32.4 Å². The zero-order chi connectivity index (χ0) is 20.4. The number of hydrogen-bond acceptors (Lipinski definition) is 4. The normalized spacial score (nSPS) is 13.0. The Labute approximate surface area is 167 Å². The van der Waals surface area contributed by atoms with E-state index in [0.29, 0.717) is 0 Å². The molecule has 0 aliphatic rings. The highest BCUT2D eigenvalue weighted by molar-refractivity contribution is 6.65. The summed E-state index contributed by atoms with van der Waals surface area (Å²) in [5.74, 6) is 0. The summed E-state index contributed by atoms with van der Waals surface area (Å²) in [5.41, 5.74) is 4.41. The molecule has 4 aromatic rings. The molecule has 6 heteroatoms. The fourth-order valence-electron chi connectivity index (χ4n) is 4.05. The van der Waals surface area contributed by atoms with Gasteiger partial charge in [-0.15, -0.1) is 0 Å². The zero-order valence-corrected chi connectivity index (χ0v) is 18.2. The first-order valence-electron chi connectivity index (χ1n) is 9.89. The van der Waals surface area contributed by atoms with Gasteiger partial charge >= 0.3 is 0 Å². The topological polar surface area (TPSA) is 44.2 Å². The number of aromatic nitrogens is 2. The molecule has 4 rings (SSSR count). The van der Waals surface area contributed by atoms with E-state index in [-0.39, 0.29) is 24.2 Å². The van der Waals surface area contributed by atoms with E-state index in [2.05, 4.69) is 65.8 Å². The summed E-state index contributed by atoms with van der Waals surface area (Å²) in [5, 5.41) is 4.51. The van der Waals surface area contributed by atoms with Crippen molar-refractivity contribution in [2.75, 3.05) is 14.2 Å². The van der Waals surface area contributed by atoms with Gasteiger partial charge in [-0.3, -0.25) is 0 Å². The molecule has 0 N–H and O–H groups in total. The Morgan fingerprint density at radius 2 is 1.04 bits per heavy atom. The summed E-state index contributed by atoms with van der Waals surface area (Å²) in [6.45, 7) is 12.7. The number of nitrogens with zero attached hydrogens (tertiary/aromatic N) is 2. The van der Waals surface area contributed by atoms with Gasteiger partial charge in [0, 0.05) is 30.6 Å². The Balaban J connectivity index is 2.27. The van der Waals surface area contributed by atoms with Crippen molar-refractivity contribution in [3.05, 3.63) is 35.4 Å². The van der Waals surface area contributed by atoms with Crippen molar-refractivity contribution in [2.45, 2.75) is 52.4 Å². The van der Waals surface area contributed by atoms with Crippen molar-refractivity contribution in [3.8, 4) is 0 Å². The Bertz CT molecular complexity index is 1130. The van der Waals surface area contributed by atoms with Crippen LogP contribution < -0.4 is 9.31 Å². The molecule has 0 radical (unpaired) electrons. The third-order valence-electron chi connectivity index (χ3n) is 5.77. The molecule has 0 aliphatic heterocycles. The molecule has 0 spiro atoms. The lowest BCUT2D eigenvalue weighted by Crippen LogP contribution is -2.21. The third-order valence-corrected chi connectivity index (χ3v) is 5.77. The van der Waals surface area contributed by atoms with Crippen LogP contribution in [0, 0.1) is 0 Å². The van der Waals surface area contributed by atoms with E-state index in [0.717, 1.165) is 27.0 Å². The van der Waals surface area contributed by atoms with E-state index in [1.54, 1.807) is 14.2 Å². The van der Waals surface area contributed by atoms with Crippen molar-refractivity contribution in [1.82, 2.24) is 9.78 Å². The molecule has 2 aromatic heterocycles. The second kappa shape index (κ2) is 6.13. The van der Waals surface area contributed by atoms with Gasteiger partial charge in [0.05, 0.1) is 0 Å². The van der Waals surface area contributed by atoms with Gasteiger partial charge in [-0.1, -0.05) is 59.1 Å². The largest absolute Gasteiger partial charge is 0.737 e. The Kier molecular flexibility index (Phi) is 4.18. The molecule has 2 aromatic carbocycles. The fourth-order valence-corrected chi connectivity index (χ4v) is 4.05. The van der Waals surface area contributed by atoms with Crippen molar-refractivity contribution in [1.29, 1.82) is 0 Å². The van der Waals surface area contributed by atoms with Gasteiger partial charge in [0.15, 0.2) is 13.4 Å². The summed E-state index contributed by atoms with van der Waals surface area (Å²) < 4.78 is 11.6. The lowest BCUT2D eigenvalue weighted by molar-refractivity contribution is 0.516. The van der Waals surface area contributed by atoms with Gasteiger partial charge in [0.25, 0.3) is 0 Å². The molecule has 146 valence electrons. The van der Waals surface area contributed by atoms with E-state index in [1.807, 2.05) is 0 Å². The molecule has 28 heavy (non-hydrogen) atoms. The molecule has 0 unspecified atom stereocenters. The fraction of sp³-hybridized carbons (Fsp3) is 0.455. The molecule has 2 heterocycles. The monoisotopic (exact) mass is 374 g/mol. The van der Waals surface area contributed by atoms with Crippen LogP contribution in [0.4, 0.5) is 0 Å². The molecule has 0 amide bonds. The van der Waals surface area contributed by atoms with Gasteiger partial charge in [-0.2, -0.15) is 10.6 Å². The molecule has 0 saturated heterocycles. The minimum atomic E-state index is -0.317. The van der Waals surface area contributed by atoms with Gasteiger partial charge in [0.2, 0.25) is 0 Å². The van der Waals surface area contributed by atoms with E-state index in [1.165, 1.54) is 16.5 Å². The highest BCUT2D eigenvalue weighted by Gasteiger charge is 2.19. The van der Waals surface area contributed by atoms with Crippen LogP contribution >= 0.6 is 0 Å². The second-order valence-electron chi connectivity index (χ2n) is 9.85. The molecule has 0 bridgehead atoms. The summed E-state index contributed by atoms with van der Waals surface area (Å²) in [4.78, 5) is 9.93. The van der Waals surface area contributed by atoms with E-state index < -0.39 is 0 Å². The van der Waals surface area contributed by atoms with E-state index >= 15 is 0 Å². The van der Waals surface area contributed by atoms with Crippen LogP contribution in [0.1, 0.15) is 52.7 Å².